The van der Waals surface area contributed by atoms with Crippen LogP contribution in [0.2, 0.25) is 0 Å². The quantitative estimate of drug-likeness (QED) is 0.598. The molecule has 0 aliphatic heterocycles. The van der Waals surface area contributed by atoms with Crippen molar-refractivity contribution in [2.45, 2.75) is 66.3 Å². The SMILES string of the molecule is CCCCCC(C)(C)CNC(C)C. The first-order chi connectivity index (χ1) is 5.98. The van der Waals surface area contributed by atoms with Gasteiger partial charge >= 0.3 is 0 Å². The van der Waals surface area contributed by atoms with Crippen molar-refractivity contribution >= 4 is 0 Å². The molecule has 0 aromatic rings. The minimum Gasteiger partial charge on any atom is -0.314 e. The Hall–Kier alpha value is -0.0400. The Morgan fingerprint density at radius 2 is 1.77 bits per heavy atom. The van der Waals surface area contributed by atoms with Crippen molar-refractivity contribution in [3.63, 3.8) is 0 Å². The number of nitrogens with one attached hydrogen (secondary N) is 1. The summed E-state index contributed by atoms with van der Waals surface area (Å²) in [7, 11) is 0. The fourth-order valence-electron chi connectivity index (χ4n) is 1.42. The summed E-state index contributed by atoms with van der Waals surface area (Å²) in [6.07, 6.45) is 5.43. The lowest BCUT2D eigenvalue weighted by Crippen LogP contribution is -2.33. The van der Waals surface area contributed by atoms with Crippen LogP contribution in [-0.2, 0) is 0 Å². The highest BCUT2D eigenvalue weighted by molar-refractivity contribution is 4.72. The molecule has 0 unspecified atom stereocenters. The molecule has 1 N–H and O–H groups in total. The molecule has 0 aliphatic carbocycles. The lowest BCUT2D eigenvalue weighted by atomic mass is 9.86. The third kappa shape index (κ3) is 8.29. The van der Waals surface area contributed by atoms with Gasteiger partial charge in [0.05, 0.1) is 0 Å². The zero-order valence-electron chi connectivity index (χ0n) is 10.1. The molecule has 0 saturated carbocycles. The summed E-state index contributed by atoms with van der Waals surface area (Å²) in [4.78, 5) is 0. The molecule has 0 heterocycles. The summed E-state index contributed by atoms with van der Waals surface area (Å²) in [5.41, 5.74) is 0.472. The Kier molecular flexibility index (Phi) is 6.40. The maximum atomic E-state index is 3.51. The summed E-state index contributed by atoms with van der Waals surface area (Å²) in [5.74, 6) is 0. The Balaban J connectivity index is 3.54. The van der Waals surface area contributed by atoms with Gasteiger partial charge in [-0.1, -0.05) is 53.9 Å². The van der Waals surface area contributed by atoms with E-state index in [1.807, 2.05) is 0 Å². The van der Waals surface area contributed by atoms with E-state index in [0.29, 0.717) is 11.5 Å². The Bertz CT molecular complexity index is 116. The fraction of sp³-hybridized carbons (Fsp3) is 1.00. The Morgan fingerprint density at radius 1 is 1.15 bits per heavy atom. The molecule has 0 radical (unpaired) electrons. The molecule has 1 nitrogen and oxygen atoms in total. The van der Waals surface area contributed by atoms with E-state index in [4.69, 9.17) is 0 Å². The molecule has 0 aromatic carbocycles. The summed E-state index contributed by atoms with van der Waals surface area (Å²) in [5, 5.41) is 3.51. The molecule has 13 heavy (non-hydrogen) atoms. The minimum atomic E-state index is 0.472. The van der Waals surface area contributed by atoms with Crippen LogP contribution in [0.15, 0.2) is 0 Å². The van der Waals surface area contributed by atoms with Crippen molar-refractivity contribution in [2.75, 3.05) is 6.54 Å². The van der Waals surface area contributed by atoms with Crippen LogP contribution >= 0.6 is 0 Å². The molecule has 0 spiro atoms. The largest absolute Gasteiger partial charge is 0.314 e. The first-order valence-corrected chi connectivity index (χ1v) is 5.71. The molecule has 80 valence electrons. The Morgan fingerprint density at radius 3 is 2.23 bits per heavy atom. The fourth-order valence-corrected chi connectivity index (χ4v) is 1.42. The van der Waals surface area contributed by atoms with Crippen LogP contribution in [0.3, 0.4) is 0 Å². The van der Waals surface area contributed by atoms with E-state index in [0.717, 1.165) is 6.54 Å². The van der Waals surface area contributed by atoms with Crippen LogP contribution < -0.4 is 5.32 Å². The van der Waals surface area contributed by atoms with E-state index in [2.05, 4.69) is 39.9 Å². The van der Waals surface area contributed by atoms with Gasteiger partial charge in [-0.05, 0) is 11.8 Å². The average Bonchev–Trinajstić information content (AvgIpc) is 2.02. The van der Waals surface area contributed by atoms with Crippen LogP contribution in [0.25, 0.3) is 0 Å². The molecule has 0 bridgehead atoms. The molecule has 0 rings (SSSR count). The van der Waals surface area contributed by atoms with E-state index >= 15 is 0 Å². The van der Waals surface area contributed by atoms with E-state index < -0.39 is 0 Å². The summed E-state index contributed by atoms with van der Waals surface area (Å²) in [6.45, 7) is 12.5. The van der Waals surface area contributed by atoms with Crippen LogP contribution in [0, 0.1) is 5.41 Å². The molecular weight excluding hydrogens is 158 g/mol. The van der Waals surface area contributed by atoms with Crippen molar-refractivity contribution < 1.29 is 0 Å². The number of rotatable bonds is 7. The van der Waals surface area contributed by atoms with Crippen molar-refractivity contribution in [3.05, 3.63) is 0 Å². The average molecular weight is 185 g/mol. The number of hydrogen-bond acceptors (Lipinski definition) is 1. The minimum absolute atomic E-state index is 0.472. The molecule has 0 aliphatic rings. The van der Waals surface area contributed by atoms with E-state index in [1.165, 1.54) is 25.7 Å². The highest BCUT2D eigenvalue weighted by atomic mass is 14.9. The predicted molar refractivity (Wildman–Crippen MR) is 61.1 cm³/mol. The molecule has 0 amide bonds. The second-order valence-electron chi connectivity index (χ2n) is 5.16. The highest BCUT2D eigenvalue weighted by Crippen LogP contribution is 2.22. The van der Waals surface area contributed by atoms with Gasteiger partial charge in [-0.25, -0.2) is 0 Å². The molecule has 0 saturated heterocycles. The molecular formula is C12H27N. The van der Waals surface area contributed by atoms with Gasteiger partial charge in [0, 0.05) is 12.6 Å². The molecule has 0 fully saturated rings. The third-order valence-electron chi connectivity index (χ3n) is 2.45. The lowest BCUT2D eigenvalue weighted by molar-refractivity contribution is 0.293. The van der Waals surface area contributed by atoms with Crippen molar-refractivity contribution in [1.82, 2.24) is 5.32 Å². The smallest absolute Gasteiger partial charge is 0.00106 e. The van der Waals surface area contributed by atoms with Crippen LogP contribution in [0.1, 0.15) is 60.3 Å². The van der Waals surface area contributed by atoms with Gasteiger partial charge < -0.3 is 5.32 Å². The Labute approximate surface area is 84.3 Å². The van der Waals surface area contributed by atoms with Gasteiger partial charge in [0.2, 0.25) is 0 Å². The maximum absolute atomic E-state index is 3.51. The maximum Gasteiger partial charge on any atom is 0.00106 e. The molecule has 0 atom stereocenters. The van der Waals surface area contributed by atoms with Crippen LogP contribution in [-0.4, -0.2) is 12.6 Å². The summed E-state index contributed by atoms with van der Waals surface area (Å²) in [6, 6.07) is 0.616. The van der Waals surface area contributed by atoms with Crippen molar-refractivity contribution in [2.24, 2.45) is 5.41 Å². The monoisotopic (exact) mass is 185 g/mol. The topological polar surface area (TPSA) is 12.0 Å². The van der Waals surface area contributed by atoms with Crippen LogP contribution in [0.4, 0.5) is 0 Å². The second kappa shape index (κ2) is 6.42. The van der Waals surface area contributed by atoms with Gasteiger partial charge in [-0.15, -0.1) is 0 Å². The predicted octanol–water partition coefficient (Wildman–Crippen LogP) is 3.59. The van der Waals surface area contributed by atoms with Crippen molar-refractivity contribution in [1.29, 1.82) is 0 Å². The van der Waals surface area contributed by atoms with Gasteiger partial charge in [-0.3, -0.25) is 0 Å². The third-order valence-corrected chi connectivity index (χ3v) is 2.45. The standard InChI is InChI=1S/C12H27N/c1-6-7-8-9-12(4,5)10-13-11(2)3/h11,13H,6-10H2,1-5H3. The van der Waals surface area contributed by atoms with E-state index in [9.17, 15) is 0 Å². The highest BCUT2D eigenvalue weighted by Gasteiger charge is 2.16. The van der Waals surface area contributed by atoms with Gasteiger partial charge in [0.25, 0.3) is 0 Å². The summed E-state index contributed by atoms with van der Waals surface area (Å²) < 4.78 is 0. The first-order valence-electron chi connectivity index (χ1n) is 5.71. The van der Waals surface area contributed by atoms with Gasteiger partial charge in [0.1, 0.15) is 0 Å². The summed E-state index contributed by atoms with van der Waals surface area (Å²) >= 11 is 0. The van der Waals surface area contributed by atoms with E-state index in [1.54, 1.807) is 0 Å². The number of unbranched alkanes of at least 4 members (excludes halogenated alkanes) is 2. The first kappa shape index (κ1) is 13.0. The zero-order chi connectivity index (χ0) is 10.3. The zero-order valence-corrected chi connectivity index (χ0v) is 10.1. The normalized spacial score (nSPS) is 12.5. The molecule has 0 aromatic heterocycles. The van der Waals surface area contributed by atoms with E-state index in [-0.39, 0.29) is 0 Å². The van der Waals surface area contributed by atoms with Crippen LogP contribution in [0.5, 0.6) is 0 Å². The molecule has 1 heteroatoms. The van der Waals surface area contributed by atoms with Gasteiger partial charge in [0.15, 0.2) is 0 Å². The second-order valence-corrected chi connectivity index (χ2v) is 5.16. The number of hydrogen-bond donors (Lipinski definition) is 1. The lowest BCUT2D eigenvalue weighted by Gasteiger charge is -2.26. The van der Waals surface area contributed by atoms with Crippen molar-refractivity contribution in [3.8, 4) is 0 Å². The van der Waals surface area contributed by atoms with Gasteiger partial charge in [-0.2, -0.15) is 0 Å².